The summed E-state index contributed by atoms with van der Waals surface area (Å²) < 4.78 is 0. The number of halogens is 2. The molecule has 0 saturated carbocycles. The molecule has 2 N–H and O–H groups in total. The molecule has 5 heteroatoms. The third-order valence-corrected chi connectivity index (χ3v) is 2.04. The first-order valence-corrected chi connectivity index (χ1v) is 4.85. The summed E-state index contributed by atoms with van der Waals surface area (Å²) >= 11 is 11.1. The second-order valence-electron chi connectivity index (χ2n) is 2.49. The molecular formula is C7H14Cl2N2O. The molecule has 1 unspecified atom stereocenters. The molecule has 72 valence electrons. The van der Waals surface area contributed by atoms with E-state index in [9.17, 15) is 4.79 Å². The number of rotatable bonds is 6. The molecule has 0 saturated heterocycles. The average molecular weight is 213 g/mol. The minimum Gasteiger partial charge on any atom is -0.368 e. The van der Waals surface area contributed by atoms with Crippen LogP contribution in [0.4, 0.5) is 0 Å². The molecule has 0 aliphatic rings. The summed E-state index contributed by atoms with van der Waals surface area (Å²) in [5, 5.41) is 0. The lowest BCUT2D eigenvalue weighted by molar-refractivity contribution is -0.122. The number of carbonyl (C=O) groups excluding carboxylic acids is 1. The number of primary amides is 1. The standard InChI is InChI=1S/C7H14Cl2N2O/c1-6(7(10)12)11(4-2-8)5-3-9/h6H,2-5H2,1H3,(H2,10,12). The molecule has 0 radical (unpaired) electrons. The van der Waals surface area contributed by atoms with E-state index in [1.165, 1.54) is 0 Å². The van der Waals surface area contributed by atoms with Crippen molar-refractivity contribution in [1.29, 1.82) is 0 Å². The van der Waals surface area contributed by atoms with Crippen molar-refractivity contribution >= 4 is 29.1 Å². The Kier molecular flexibility index (Phi) is 6.52. The number of amides is 1. The van der Waals surface area contributed by atoms with E-state index in [2.05, 4.69) is 0 Å². The molecule has 3 nitrogen and oxygen atoms in total. The zero-order chi connectivity index (χ0) is 9.56. The summed E-state index contributed by atoms with van der Waals surface area (Å²) in [5.41, 5.74) is 5.13. The first kappa shape index (κ1) is 12.0. The van der Waals surface area contributed by atoms with Crippen molar-refractivity contribution in [3.63, 3.8) is 0 Å². The predicted molar refractivity (Wildman–Crippen MR) is 51.7 cm³/mol. The van der Waals surface area contributed by atoms with Gasteiger partial charge >= 0.3 is 0 Å². The van der Waals surface area contributed by atoms with Crippen LogP contribution < -0.4 is 5.73 Å². The van der Waals surface area contributed by atoms with Crippen LogP contribution in [0.3, 0.4) is 0 Å². The van der Waals surface area contributed by atoms with Gasteiger partial charge in [-0.15, -0.1) is 23.2 Å². The number of carbonyl (C=O) groups is 1. The number of hydrogen-bond donors (Lipinski definition) is 1. The lowest BCUT2D eigenvalue weighted by Gasteiger charge is -2.24. The molecule has 12 heavy (non-hydrogen) atoms. The quantitative estimate of drug-likeness (QED) is 0.658. The molecule has 0 aliphatic carbocycles. The molecule has 1 atom stereocenters. The molecule has 0 aromatic carbocycles. The smallest absolute Gasteiger partial charge is 0.234 e. The van der Waals surface area contributed by atoms with Gasteiger partial charge in [-0.25, -0.2) is 0 Å². The molecule has 0 aromatic heterocycles. The van der Waals surface area contributed by atoms with Gasteiger partial charge in [0.1, 0.15) is 0 Å². The summed E-state index contributed by atoms with van der Waals surface area (Å²) in [6.07, 6.45) is 0. The van der Waals surface area contributed by atoms with Gasteiger partial charge in [0.15, 0.2) is 0 Å². The Morgan fingerprint density at radius 1 is 1.42 bits per heavy atom. The van der Waals surface area contributed by atoms with Crippen LogP contribution in [-0.2, 0) is 4.79 Å². The molecule has 0 rings (SSSR count). The summed E-state index contributed by atoms with van der Waals surface area (Å²) in [4.78, 5) is 12.6. The van der Waals surface area contributed by atoms with Crippen LogP contribution in [0.2, 0.25) is 0 Å². The molecule has 1 amide bonds. The van der Waals surface area contributed by atoms with Gasteiger partial charge < -0.3 is 5.73 Å². The van der Waals surface area contributed by atoms with E-state index in [0.717, 1.165) is 0 Å². The Morgan fingerprint density at radius 3 is 2.08 bits per heavy atom. The van der Waals surface area contributed by atoms with Crippen LogP contribution in [0.1, 0.15) is 6.92 Å². The van der Waals surface area contributed by atoms with Gasteiger partial charge in [-0.3, -0.25) is 9.69 Å². The van der Waals surface area contributed by atoms with Crippen LogP contribution in [0.25, 0.3) is 0 Å². The van der Waals surface area contributed by atoms with E-state index < -0.39 is 0 Å². The van der Waals surface area contributed by atoms with Crippen LogP contribution in [0.5, 0.6) is 0 Å². The van der Waals surface area contributed by atoms with Gasteiger partial charge in [0.2, 0.25) is 5.91 Å². The maximum absolute atomic E-state index is 10.8. The fraction of sp³-hybridized carbons (Fsp3) is 0.857. The Balaban J connectivity index is 3.98. The molecule has 0 aliphatic heterocycles. The minimum absolute atomic E-state index is 0.289. The van der Waals surface area contributed by atoms with Crippen molar-refractivity contribution in [1.82, 2.24) is 4.90 Å². The fourth-order valence-corrected chi connectivity index (χ4v) is 1.33. The van der Waals surface area contributed by atoms with Gasteiger partial charge in [-0.1, -0.05) is 0 Å². The minimum atomic E-state index is -0.342. The van der Waals surface area contributed by atoms with Crippen molar-refractivity contribution < 1.29 is 4.79 Å². The second kappa shape index (κ2) is 6.52. The first-order chi connectivity index (χ1) is 5.63. The molecule has 0 fully saturated rings. The van der Waals surface area contributed by atoms with Gasteiger partial charge in [-0.05, 0) is 6.92 Å². The van der Waals surface area contributed by atoms with Gasteiger partial charge in [0.05, 0.1) is 6.04 Å². The lowest BCUT2D eigenvalue weighted by atomic mass is 10.3. The molecule has 0 spiro atoms. The first-order valence-electron chi connectivity index (χ1n) is 3.78. The number of nitrogens with zero attached hydrogens (tertiary/aromatic N) is 1. The molecule has 0 aromatic rings. The SMILES string of the molecule is CC(C(N)=O)N(CCCl)CCCl. The van der Waals surface area contributed by atoms with E-state index >= 15 is 0 Å². The zero-order valence-corrected chi connectivity index (χ0v) is 8.61. The Morgan fingerprint density at radius 2 is 1.83 bits per heavy atom. The maximum atomic E-state index is 10.8. The molecule has 0 bridgehead atoms. The van der Waals surface area contributed by atoms with Crippen molar-refractivity contribution in [2.24, 2.45) is 5.73 Å². The lowest BCUT2D eigenvalue weighted by Crippen LogP contribution is -2.44. The van der Waals surface area contributed by atoms with Crippen LogP contribution >= 0.6 is 23.2 Å². The molecular weight excluding hydrogens is 199 g/mol. The highest BCUT2D eigenvalue weighted by Gasteiger charge is 2.16. The number of nitrogens with two attached hydrogens (primary N) is 1. The fourth-order valence-electron chi connectivity index (χ4n) is 0.896. The largest absolute Gasteiger partial charge is 0.368 e. The second-order valence-corrected chi connectivity index (χ2v) is 3.25. The van der Waals surface area contributed by atoms with Gasteiger partial charge in [0.25, 0.3) is 0 Å². The average Bonchev–Trinajstić information content (AvgIpc) is 2.03. The number of hydrogen-bond acceptors (Lipinski definition) is 2. The van der Waals surface area contributed by atoms with E-state index in [4.69, 9.17) is 28.9 Å². The van der Waals surface area contributed by atoms with Crippen molar-refractivity contribution in [3.05, 3.63) is 0 Å². The Hall–Kier alpha value is 0.01000. The highest BCUT2D eigenvalue weighted by atomic mass is 35.5. The third-order valence-electron chi connectivity index (χ3n) is 1.70. The third kappa shape index (κ3) is 4.14. The van der Waals surface area contributed by atoms with E-state index in [-0.39, 0.29) is 11.9 Å². The maximum Gasteiger partial charge on any atom is 0.234 e. The zero-order valence-electron chi connectivity index (χ0n) is 7.09. The Labute approximate surface area is 82.8 Å². The van der Waals surface area contributed by atoms with Crippen LogP contribution in [-0.4, -0.2) is 41.7 Å². The van der Waals surface area contributed by atoms with Crippen molar-refractivity contribution in [2.45, 2.75) is 13.0 Å². The summed E-state index contributed by atoms with van der Waals surface area (Å²) in [6.45, 7) is 3.03. The molecule has 0 heterocycles. The Bertz CT molecular complexity index is 137. The van der Waals surface area contributed by atoms with E-state index in [1.54, 1.807) is 6.92 Å². The van der Waals surface area contributed by atoms with E-state index in [1.807, 2.05) is 4.90 Å². The highest BCUT2D eigenvalue weighted by molar-refractivity contribution is 6.18. The normalized spacial score (nSPS) is 13.3. The summed E-state index contributed by atoms with van der Waals surface area (Å²) in [6, 6.07) is -0.289. The van der Waals surface area contributed by atoms with Crippen molar-refractivity contribution in [3.8, 4) is 0 Å². The van der Waals surface area contributed by atoms with Crippen LogP contribution in [0.15, 0.2) is 0 Å². The monoisotopic (exact) mass is 212 g/mol. The topological polar surface area (TPSA) is 46.3 Å². The van der Waals surface area contributed by atoms with Gasteiger partial charge in [-0.2, -0.15) is 0 Å². The predicted octanol–water partition coefficient (Wildman–Crippen LogP) is 0.640. The van der Waals surface area contributed by atoms with Gasteiger partial charge in [0, 0.05) is 24.8 Å². The summed E-state index contributed by atoms with van der Waals surface area (Å²) in [5.74, 6) is 0.619. The van der Waals surface area contributed by atoms with Crippen molar-refractivity contribution in [2.75, 3.05) is 24.8 Å². The number of alkyl halides is 2. The van der Waals surface area contributed by atoms with Crippen LogP contribution in [0, 0.1) is 0 Å². The van der Waals surface area contributed by atoms with E-state index in [0.29, 0.717) is 24.8 Å². The highest BCUT2D eigenvalue weighted by Crippen LogP contribution is 1.99. The summed E-state index contributed by atoms with van der Waals surface area (Å²) in [7, 11) is 0.